The van der Waals surface area contributed by atoms with Crippen molar-refractivity contribution in [1.29, 1.82) is 0 Å². The molecule has 0 saturated heterocycles. The lowest BCUT2D eigenvalue weighted by atomic mass is 10.1. The topological polar surface area (TPSA) is 26.3 Å². The van der Waals surface area contributed by atoms with Crippen molar-refractivity contribution >= 4 is 5.97 Å². The van der Waals surface area contributed by atoms with Crippen LogP contribution in [-0.2, 0) is 16.0 Å². The van der Waals surface area contributed by atoms with Crippen LogP contribution in [0.15, 0.2) is 30.3 Å². The van der Waals surface area contributed by atoms with Crippen LogP contribution in [0.3, 0.4) is 0 Å². The normalized spacial score (nSPS) is 9.24. The predicted molar refractivity (Wildman–Crippen MR) is 68.4 cm³/mol. The lowest BCUT2D eigenvalue weighted by Gasteiger charge is -1.98. The SMILES string of the molecule is CCOC(=O)CCCC#CCc1ccccc1. The number of carbonyl (C=O) groups excluding carboxylic acids is 1. The van der Waals surface area contributed by atoms with Crippen LogP contribution < -0.4 is 0 Å². The van der Waals surface area contributed by atoms with Crippen molar-refractivity contribution in [2.45, 2.75) is 32.6 Å². The molecule has 0 aliphatic rings. The lowest BCUT2D eigenvalue weighted by Crippen LogP contribution is -2.02. The van der Waals surface area contributed by atoms with Gasteiger partial charge in [-0.25, -0.2) is 0 Å². The maximum Gasteiger partial charge on any atom is 0.305 e. The molecule has 0 aliphatic heterocycles. The monoisotopic (exact) mass is 230 g/mol. The number of hydrogen-bond donors (Lipinski definition) is 0. The van der Waals surface area contributed by atoms with Crippen LogP contribution in [0.4, 0.5) is 0 Å². The molecule has 0 aromatic heterocycles. The minimum Gasteiger partial charge on any atom is -0.466 e. The third-order valence-electron chi connectivity index (χ3n) is 2.25. The van der Waals surface area contributed by atoms with Gasteiger partial charge in [0, 0.05) is 19.3 Å². The molecule has 0 saturated carbocycles. The summed E-state index contributed by atoms with van der Waals surface area (Å²) in [5.41, 5.74) is 1.23. The summed E-state index contributed by atoms with van der Waals surface area (Å²) in [5, 5.41) is 0. The van der Waals surface area contributed by atoms with Crippen molar-refractivity contribution < 1.29 is 9.53 Å². The highest BCUT2D eigenvalue weighted by Gasteiger charge is 1.98. The van der Waals surface area contributed by atoms with Gasteiger partial charge in [0.1, 0.15) is 0 Å². The summed E-state index contributed by atoms with van der Waals surface area (Å²) in [5.74, 6) is 6.05. The molecule has 17 heavy (non-hydrogen) atoms. The third kappa shape index (κ3) is 6.42. The largest absolute Gasteiger partial charge is 0.466 e. The highest BCUT2D eigenvalue weighted by molar-refractivity contribution is 5.69. The zero-order valence-corrected chi connectivity index (χ0v) is 10.2. The van der Waals surface area contributed by atoms with Crippen LogP contribution in [0.2, 0.25) is 0 Å². The Morgan fingerprint density at radius 1 is 1.24 bits per heavy atom. The summed E-state index contributed by atoms with van der Waals surface area (Å²) >= 11 is 0. The first-order chi connectivity index (χ1) is 8.33. The Kier molecular flexibility index (Phi) is 6.59. The number of carbonyl (C=O) groups is 1. The Balaban J connectivity index is 2.13. The lowest BCUT2D eigenvalue weighted by molar-refractivity contribution is -0.143. The highest BCUT2D eigenvalue weighted by Crippen LogP contribution is 1.99. The van der Waals surface area contributed by atoms with E-state index in [-0.39, 0.29) is 5.97 Å². The fourth-order valence-electron chi connectivity index (χ4n) is 1.40. The Hall–Kier alpha value is -1.75. The molecular formula is C15H18O2. The second-order valence-electron chi connectivity index (χ2n) is 3.67. The molecular weight excluding hydrogens is 212 g/mol. The van der Waals surface area contributed by atoms with Crippen molar-refractivity contribution in [2.75, 3.05) is 6.61 Å². The fraction of sp³-hybridized carbons (Fsp3) is 0.400. The van der Waals surface area contributed by atoms with Gasteiger partial charge in [-0.05, 0) is 18.9 Å². The number of ether oxygens (including phenoxy) is 1. The minimum absolute atomic E-state index is 0.127. The first-order valence-corrected chi connectivity index (χ1v) is 5.98. The van der Waals surface area contributed by atoms with Crippen LogP contribution in [0, 0.1) is 11.8 Å². The number of benzene rings is 1. The summed E-state index contributed by atoms with van der Waals surface area (Å²) in [4.78, 5) is 11.0. The van der Waals surface area contributed by atoms with Gasteiger partial charge in [-0.3, -0.25) is 4.79 Å². The first kappa shape index (κ1) is 13.3. The molecule has 1 aromatic carbocycles. The Labute approximate surface area is 103 Å². The molecule has 0 fully saturated rings. The average molecular weight is 230 g/mol. The van der Waals surface area contributed by atoms with Crippen LogP contribution >= 0.6 is 0 Å². The number of hydrogen-bond acceptors (Lipinski definition) is 2. The number of esters is 1. The molecule has 2 nitrogen and oxygen atoms in total. The summed E-state index contributed by atoms with van der Waals surface area (Å²) in [6.45, 7) is 2.27. The van der Waals surface area contributed by atoms with Crippen molar-refractivity contribution in [1.82, 2.24) is 0 Å². The molecule has 2 heteroatoms. The fourth-order valence-corrected chi connectivity index (χ4v) is 1.40. The van der Waals surface area contributed by atoms with E-state index in [0.29, 0.717) is 13.0 Å². The van der Waals surface area contributed by atoms with E-state index in [1.807, 2.05) is 25.1 Å². The van der Waals surface area contributed by atoms with E-state index in [9.17, 15) is 4.79 Å². The molecule has 0 spiro atoms. The quantitative estimate of drug-likeness (QED) is 0.441. The van der Waals surface area contributed by atoms with Crippen molar-refractivity contribution in [3.05, 3.63) is 35.9 Å². The first-order valence-electron chi connectivity index (χ1n) is 5.98. The molecule has 0 amide bonds. The van der Waals surface area contributed by atoms with E-state index >= 15 is 0 Å². The summed E-state index contributed by atoms with van der Waals surface area (Å²) < 4.78 is 4.83. The van der Waals surface area contributed by atoms with Gasteiger partial charge in [0.2, 0.25) is 0 Å². The molecule has 0 atom stereocenters. The van der Waals surface area contributed by atoms with E-state index in [2.05, 4.69) is 24.0 Å². The Morgan fingerprint density at radius 3 is 2.71 bits per heavy atom. The van der Waals surface area contributed by atoms with Gasteiger partial charge >= 0.3 is 5.97 Å². The highest BCUT2D eigenvalue weighted by atomic mass is 16.5. The summed E-state index contributed by atoms with van der Waals surface area (Å²) in [7, 11) is 0. The van der Waals surface area contributed by atoms with E-state index < -0.39 is 0 Å². The predicted octanol–water partition coefficient (Wildman–Crippen LogP) is 2.97. The van der Waals surface area contributed by atoms with Gasteiger partial charge in [-0.1, -0.05) is 36.3 Å². The molecule has 1 aromatic rings. The van der Waals surface area contributed by atoms with E-state index in [1.54, 1.807) is 0 Å². The van der Waals surface area contributed by atoms with E-state index in [4.69, 9.17) is 4.74 Å². The van der Waals surface area contributed by atoms with E-state index in [1.165, 1.54) is 5.56 Å². The van der Waals surface area contributed by atoms with Crippen LogP contribution in [0.5, 0.6) is 0 Å². The van der Waals surface area contributed by atoms with Gasteiger partial charge < -0.3 is 4.74 Å². The molecule has 0 radical (unpaired) electrons. The molecule has 0 bridgehead atoms. The van der Waals surface area contributed by atoms with Crippen LogP contribution in [0.25, 0.3) is 0 Å². The van der Waals surface area contributed by atoms with Crippen LogP contribution in [-0.4, -0.2) is 12.6 Å². The average Bonchev–Trinajstić information content (AvgIpc) is 2.35. The second kappa shape index (κ2) is 8.41. The molecule has 0 unspecified atom stereocenters. The zero-order valence-electron chi connectivity index (χ0n) is 10.2. The van der Waals surface area contributed by atoms with E-state index in [0.717, 1.165) is 19.3 Å². The molecule has 0 N–H and O–H groups in total. The van der Waals surface area contributed by atoms with Gasteiger partial charge in [0.25, 0.3) is 0 Å². The van der Waals surface area contributed by atoms with Gasteiger partial charge in [-0.2, -0.15) is 0 Å². The Bertz CT molecular complexity index is 384. The van der Waals surface area contributed by atoms with Crippen molar-refractivity contribution in [2.24, 2.45) is 0 Å². The van der Waals surface area contributed by atoms with Gasteiger partial charge in [-0.15, -0.1) is 5.92 Å². The molecule has 1 rings (SSSR count). The minimum atomic E-state index is -0.127. The van der Waals surface area contributed by atoms with Crippen molar-refractivity contribution in [3.8, 4) is 11.8 Å². The van der Waals surface area contributed by atoms with Crippen molar-refractivity contribution in [3.63, 3.8) is 0 Å². The third-order valence-corrected chi connectivity index (χ3v) is 2.25. The smallest absolute Gasteiger partial charge is 0.305 e. The zero-order chi connectivity index (χ0) is 12.3. The number of unbranched alkanes of at least 4 members (excludes halogenated alkanes) is 1. The molecule has 90 valence electrons. The molecule has 0 heterocycles. The second-order valence-corrected chi connectivity index (χ2v) is 3.67. The Morgan fingerprint density at radius 2 is 2.00 bits per heavy atom. The standard InChI is InChI=1S/C15H18O2/c1-2-17-15(16)13-9-4-3-6-10-14-11-7-5-8-12-14/h5,7-8,11-12H,2,4,9-10,13H2,1H3. The van der Waals surface area contributed by atoms with Crippen LogP contribution in [0.1, 0.15) is 31.7 Å². The summed E-state index contributed by atoms with van der Waals surface area (Å²) in [6.07, 6.45) is 2.78. The van der Waals surface area contributed by atoms with Gasteiger partial charge in [0.05, 0.1) is 6.61 Å². The number of rotatable bonds is 5. The maximum absolute atomic E-state index is 11.0. The molecule has 0 aliphatic carbocycles. The summed E-state index contributed by atoms with van der Waals surface area (Å²) in [6, 6.07) is 10.1. The maximum atomic E-state index is 11.0. The van der Waals surface area contributed by atoms with Gasteiger partial charge in [0.15, 0.2) is 0 Å².